The summed E-state index contributed by atoms with van der Waals surface area (Å²) in [5, 5.41) is 3.34. The third-order valence-corrected chi connectivity index (χ3v) is 2.62. The smallest absolute Gasteiger partial charge is 0.0717 e. The Bertz CT molecular complexity index is 215. The molecular formula is C13H23NO. The van der Waals surface area contributed by atoms with Gasteiger partial charge < -0.3 is 10.1 Å². The number of hydrogen-bond acceptors (Lipinski definition) is 2. The summed E-state index contributed by atoms with van der Waals surface area (Å²) in [5.41, 5.74) is 1.30. The fourth-order valence-corrected chi connectivity index (χ4v) is 1.83. The molecule has 0 aromatic carbocycles. The van der Waals surface area contributed by atoms with Gasteiger partial charge in [-0.3, -0.25) is 0 Å². The van der Waals surface area contributed by atoms with E-state index < -0.39 is 0 Å². The predicted molar refractivity (Wildman–Crippen MR) is 65.0 cm³/mol. The van der Waals surface area contributed by atoms with Crippen molar-refractivity contribution in [2.75, 3.05) is 19.7 Å². The van der Waals surface area contributed by atoms with Gasteiger partial charge in [-0.1, -0.05) is 25.2 Å². The molecule has 0 aromatic heterocycles. The van der Waals surface area contributed by atoms with Crippen molar-refractivity contribution >= 4 is 0 Å². The van der Waals surface area contributed by atoms with Crippen LogP contribution in [0.15, 0.2) is 23.8 Å². The third-order valence-electron chi connectivity index (χ3n) is 2.62. The van der Waals surface area contributed by atoms with Crippen LogP contribution in [-0.4, -0.2) is 25.8 Å². The SMILES string of the molecule is C/C=C\C(=C/CC)COC1CCNCC1. The molecular weight excluding hydrogens is 186 g/mol. The minimum Gasteiger partial charge on any atom is -0.373 e. The molecule has 0 aliphatic carbocycles. The number of ether oxygens (including phenoxy) is 1. The van der Waals surface area contributed by atoms with Crippen molar-refractivity contribution in [2.45, 2.75) is 39.2 Å². The third kappa shape index (κ3) is 5.14. The van der Waals surface area contributed by atoms with Crippen molar-refractivity contribution in [1.29, 1.82) is 0 Å². The standard InChI is InChI=1S/C13H23NO/c1-3-5-12(6-4-2)11-15-13-7-9-14-10-8-13/h3,5-6,13-14H,4,7-11H2,1-2H3/b5-3-,12-6+. The molecule has 0 aromatic rings. The van der Waals surface area contributed by atoms with Crippen molar-refractivity contribution in [2.24, 2.45) is 0 Å². The van der Waals surface area contributed by atoms with Crippen LogP contribution in [-0.2, 0) is 4.74 Å². The van der Waals surface area contributed by atoms with Gasteiger partial charge in [0.1, 0.15) is 0 Å². The highest BCUT2D eigenvalue weighted by Gasteiger charge is 2.12. The number of nitrogens with one attached hydrogen (secondary N) is 1. The molecule has 2 heteroatoms. The molecule has 1 heterocycles. The summed E-state index contributed by atoms with van der Waals surface area (Å²) in [6.07, 6.45) is 10.3. The van der Waals surface area contributed by atoms with Gasteiger partial charge >= 0.3 is 0 Å². The highest BCUT2D eigenvalue weighted by atomic mass is 16.5. The lowest BCUT2D eigenvalue weighted by Crippen LogP contribution is -2.32. The molecule has 0 radical (unpaired) electrons. The second-order valence-electron chi connectivity index (χ2n) is 3.95. The molecule has 0 atom stereocenters. The van der Waals surface area contributed by atoms with Crippen LogP contribution in [0.3, 0.4) is 0 Å². The molecule has 1 rings (SSSR count). The lowest BCUT2D eigenvalue weighted by Gasteiger charge is -2.23. The van der Waals surface area contributed by atoms with Crippen LogP contribution in [0.5, 0.6) is 0 Å². The molecule has 1 saturated heterocycles. The molecule has 1 fully saturated rings. The van der Waals surface area contributed by atoms with Gasteiger partial charge in [0, 0.05) is 0 Å². The highest BCUT2D eigenvalue weighted by Crippen LogP contribution is 2.10. The van der Waals surface area contributed by atoms with Crippen molar-refractivity contribution in [3.8, 4) is 0 Å². The van der Waals surface area contributed by atoms with Gasteiger partial charge in [-0.15, -0.1) is 0 Å². The second kappa shape index (κ2) is 7.66. The first kappa shape index (κ1) is 12.5. The Morgan fingerprint density at radius 2 is 2.13 bits per heavy atom. The lowest BCUT2D eigenvalue weighted by molar-refractivity contribution is 0.0486. The van der Waals surface area contributed by atoms with E-state index in [4.69, 9.17) is 4.74 Å². The summed E-state index contributed by atoms with van der Waals surface area (Å²) < 4.78 is 5.89. The first-order chi connectivity index (χ1) is 7.36. The van der Waals surface area contributed by atoms with Crippen LogP contribution in [0, 0.1) is 0 Å². The van der Waals surface area contributed by atoms with Gasteiger partial charge in [-0.25, -0.2) is 0 Å². The van der Waals surface area contributed by atoms with Gasteiger partial charge in [-0.2, -0.15) is 0 Å². The fourth-order valence-electron chi connectivity index (χ4n) is 1.83. The maximum Gasteiger partial charge on any atom is 0.0717 e. The van der Waals surface area contributed by atoms with Gasteiger partial charge in [0.05, 0.1) is 12.7 Å². The maximum atomic E-state index is 5.89. The van der Waals surface area contributed by atoms with E-state index in [-0.39, 0.29) is 0 Å². The summed E-state index contributed by atoms with van der Waals surface area (Å²) in [5.74, 6) is 0. The molecule has 0 unspecified atom stereocenters. The van der Waals surface area contributed by atoms with Crippen molar-refractivity contribution in [3.05, 3.63) is 23.8 Å². The maximum absolute atomic E-state index is 5.89. The Kier molecular flexibility index (Phi) is 6.37. The van der Waals surface area contributed by atoms with Crippen molar-refractivity contribution < 1.29 is 4.74 Å². The lowest BCUT2D eigenvalue weighted by atomic mass is 10.1. The van der Waals surface area contributed by atoms with Crippen LogP contribution >= 0.6 is 0 Å². The zero-order valence-corrected chi connectivity index (χ0v) is 9.96. The van der Waals surface area contributed by atoms with Gasteiger partial charge in [0.15, 0.2) is 0 Å². The van der Waals surface area contributed by atoms with Crippen molar-refractivity contribution in [1.82, 2.24) is 5.32 Å². The van der Waals surface area contributed by atoms with E-state index in [2.05, 4.69) is 30.5 Å². The Morgan fingerprint density at radius 3 is 2.73 bits per heavy atom. The Balaban J connectivity index is 2.29. The Labute approximate surface area is 93.4 Å². The molecule has 0 amide bonds. The number of allylic oxidation sites excluding steroid dienone is 2. The van der Waals surface area contributed by atoms with E-state index in [0.29, 0.717) is 6.10 Å². The minimum atomic E-state index is 0.455. The Hall–Kier alpha value is -0.600. The predicted octanol–water partition coefficient (Wildman–Crippen LogP) is 2.67. The largest absolute Gasteiger partial charge is 0.373 e. The van der Waals surface area contributed by atoms with Crippen LogP contribution in [0.4, 0.5) is 0 Å². The van der Waals surface area contributed by atoms with E-state index in [9.17, 15) is 0 Å². The first-order valence-electron chi connectivity index (χ1n) is 6.00. The monoisotopic (exact) mass is 209 g/mol. The van der Waals surface area contributed by atoms with E-state index in [1.807, 2.05) is 6.92 Å². The van der Waals surface area contributed by atoms with E-state index in [1.54, 1.807) is 0 Å². The average Bonchev–Trinajstić information content (AvgIpc) is 2.28. The summed E-state index contributed by atoms with van der Waals surface area (Å²) in [6, 6.07) is 0. The second-order valence-corrected chi connectivity index (χ2v) is 3.95. The number of piperidine rings is 1. The molecule has 86 valence electrons. The number of rotatable bonds is 5. The van der Waals surface area contributed by atoms with Crippen molar-refractivity contribution in [3.63, 3.8) is 0 Å². The topological polar surface area (TPSA) is 21.3 Å². The quantitative estimate of drug-likeness (QED) is 0.703. The zero-order chi connectivity index (χ0) is 10.9. The summed E-state index contributed by atoms with van der Waals surface area (Å²) in [7, 11) is 0. The van der Waals surface area contributed by atoms with Crippen LogP contribution in [0.25, 0.3) is 0 Å². The molecule has 2 nitrogen and oxygen atoms in total. The number of hydrogen-bond donors (Lipinski definition) is 1. The fraction of sp³-hybridized carbons (Fsp3) is 0.692. The zero-order valence-electron chi connectivity index (χ0n) is 9.96. The molecule has 0 bridgehead atoms. The van der Waals surface area contributed by atoms with Gasteiger partial charge in [0.2, 0.25) is 0 Å². The highest BCUT2D eigenvalue weighted by molar-refractivity contribution is 5.18. The summed E-state index contributed by atoms with van der Waals surface area (Å²) >= 11 is 0. The van der Waals surface area contributed by atoms with E-state index >= 15 is 0 Å². The molecule has 15 heavy (non-hydrogen) atoms. The van der Waals surface area contributed by atoms with Crippen LogP contribution in [0.1, 0.15) is 33.1 Å². The Morgan fingerprint density at radius 1 is 1.40 bits per heavy atom. The molecule has 0 saturated carbocycles. The minimum absolute atomic E-state index is 0.455. The average molecular weight is 209 g/mol. The first-order valence-corrected chi connectivity index (χ1v) is 6.00. The molecule has 0 spiro atoms. The summed E-state index contributed by atoms with van der Waals surface area (Å²) in [4.78, 5) is 0. The van der Waals surface area contributed by atoms with Crippen LogP contribution < -0.4 is 5.32 Å². The summed E-state index contributed by atoms with van der Waals surface area (Å²) in [6.45, 7) is 7.17. The van der Waals surface area contributed by atoms with Gasteiger partial charge in [-0.05, 0) is 44.8 Å². The molecule has 1 N–H and O–H groups in total. The normalized spacial score (nSPS) is 20.0. The van der Waals surface area contributed by atoms with Gasteiger partial charge in [0.25, 0.3) is 0 Å². The molecule has 1 aliphatic heterocycles. The van der Waals surface area contributed by atoms with Crippen LogP contribution in [0.2, 0.25) is 0 Å². The molecule has 1 aliphatic rings. The van der Waals surface area contributed by atoms with E-state index in [0.717, 1.165) is 39.0 Å². The van der Waals surface area contributed by atoms with E-state index in [1.165, 1.54) is 5.57 Å².